The molecule has 0 aromatic carbocycles. The zero-order chi connectivity index (χ0) is 15.9. The van der Waals surface area contributed by atoms with Crippen molar-refractivity contribution in [3.63, 3.8) is 0 Å². The maximum absolute atomic E-state index is 3.54. The second-order valence-corrected chi connectivity index (χ2v) is 9.10. The van der Waals surface area contributed by atoms with Crippen LogP contribution in [0.3, 0.4) is 0 Å². The van der Waals surface area contributed by atoms with Crippen molar-refractivity contribution in [2.75, 3.05) is 0 Å². The summed E-state index contributed by atoms with van der Waals surface area (Å²) in [5.41, 5.74) is 0. The van der Waals surface area contributed by atoms with Crippen LogP contribution in [0.15, 0.2) is 15.9 Å². The Morgan fingerprint density at radius 2 is 1.13 bits per heavy atom. The topological polar surface area (TPSA) is 31.5 Å². The van der Waals surface area contributed by atoms with Gasteiger partial charge in [0.1, 0.15) is 0 Å². The first-order chi connectivity index (χ1) is 10.8. The first kappa shape index (κ1) is 23.1. The predicted molar refractivity (Wildman–Crippen MR) is 110 cm³/mol. The number of halogens is 1. The molecular formula is C20H37BrOS. The molecule has 0 amide bonds. The molecule has 0 spiro atoms. The van der Waals surface area contributed by atoms with E-state index in [2.05, 4.69) is 35.0 Å². The lowest BCUT2D eigenvalue weighted by molar-refractivity contribution is 0.536. The maximum atomic E-state index is 3.54. The fourth-order valence-corrected chi connectivity index (χ4v) is 4.50. The van der Waals surface area contributed by atoms with Gasteiger partial charge in [0, 0.05) is 4.88 Å². The van der Waals surface area contributed by atoms with Crippen LogP contribution in [-0.2, 0) is 6.42 Å². The van der Waals surface area contributed by atoms with Crippen molar-refractivity contribution in [2.24, 2.45) is 0 Å². The molecule has 1 aromatic rings. The van der Waals surface area contributed by atoms with Crippen LogP contribution in [0, 0.1) is 0 Å². The molecule has 0 atom stereocenters. The minimum absolute atomic E-state index is 0. The molecule has 2 N–H and O–H groups in total. The number of hydrogen-bond donors (Lipinski definition) is 0. The molecule has 0 bridgehead atoms. The third kappa shape index (κ3) is 14.2. The van der Waals surface area contributed by atoms with Gasteiger partial charge in [-0.15, -0.1) is 11.3 Å². The third-order valence-corrected chi connectivity index (χ3v) is 6.09. The first-order valence-electron chi connectivity index (χ1n) is 9.57. The monoisotopic (exact) mass is 404 g/mol. The quantitative estimate of drug-likeness (QED) is 0.268. The van der Waals surface area contributed by atoms with Crippen LogP contribution >= 0.6 is 27.3 Å². The summed E-state index contributed by atoms with van der Waals surface area (Å²) in [6.07, 6.45) is 21.5. The average Bonchev–Trinajstić information content (AvgIpc) is 2.93. The van der Waals surface area contributed by atoms with E-state index in [1.165, 1.54) is 105 Å². The van der Waals surface area contributed by atoms with E-state index in [9.17, 15) is 0 Å². The molecule has 23 heavy (non-hydrogen) atoms. The summed E-state index contributed by atoms with van der Waals surface area (Å²) in [5.74, 6) is 0. The van der Waals surface area contributed by atoms with E-state index < -0.39 is 0 Å². The van der Waals surface area contributed by atoms with Crippen LogP contribution in [-0.4, -0.2) is 5.48 Å². The van der Waals surface area contributed by atoms with Crippen molar-refractivity contribution < 1.29 is 5.48 Å². The highest BCUT2D eigenvalue weighted by molar-refractivity contribution is 9.11. The molecule has 0 fully saturated rings. The van der Waals surface area contributed by atoms with Crippen molar-refractivity contribution in [3.8, 4) is 0 Å². The van der Waals surface area contributed by atoms with Gasteiger partial charge in [-0.05, 0) is 40.9 Å². The molecule has 0 aliphatic rings. The third-order valence-electron chi connectivity index (χ3n) is 4.41. The highest BCUT2D eigenvalue weighted by Crippen LogP contribution is 2.23. The average molecular weight is 405 g/mol. The van der Waals surface area contributed by atoms with Crippen molar-refractivity contribution >= 4 is 27.3 Å². The van der Waals surface area contributed by atoms with E-state index in [1.54, 1.807) is 0 Å². The lowest BCUT2D eigenvalue weighted by Gasteiger charge is -2.03. The fourth-order valence-electron chi connectivity index (χ4n) is 2.98. The molecule has 0 radical (unpaired) electrons. The van der Waals surface area contributed by atoms with Crippen molar-refractivity contribution in [3.05, 3.63) is 20.8 Å². The summed E-state index contributed by atoms with van der Waals surface area (Å²) in [6.45, 7) is 2.29. The Labute approximate surface area is 156 Å². The summed E-state index contributed by atoms with van der Waals surface area (Å²) in [6, 6.07) is 4.43. The molecule has 1 aromatic heterocycles. The Bertz CT molecular complexity index is 351. The predicted octanol–water partition coefficient (Wildman–Crippen LogP) is 7.71. The van der Waals surface area contributed by atoms with Crippen molar-refractivity contribution in [2.45, 2.75) is 103 Å². The normalized spacial score (nSPS) is 10.7. The molecule has 1 nitrogen and oxygen atoms in total. The molecule has 1 rings (SSSR count). The molecule has 0 aliphatic carbocycles. The van der Waals surface area contributed by atoms with Crippen LogP contribution in [0.25, 0.3) is 0 Å². The highest BCUT2D eigenvalue weighted by Gasteiger charge is 1.98. The lowest BCUT2D eigenvalue weighted by Crippen LogP contribution is -1.84. The van der Waals surface area contributed by atoms with Crippen LogP contribution in [0.5, 0.6) is 0 Å². The second kappa shape index (κ2) is 17.0. The fraction of sp³-hybridized carbons (Fsp3) is 0.800. The van der Waals surface area contributed by atoms with E-state index >= 15 is 0 Å². The van der Waals surface area contributed by atoms with Gasteiger partial charge >= 0.3 is 0 Å². The van der Waals surface area contributed by atoms with Crippen LogP contribution < -0.4 is 0 Å². The van der Waals surface area contributed by atoms with E-state index in [1.807, 2.05) is 11.3 Å². The Morgan fingerprint density at radius 3 is 1.52 bits per heavy atom. The molecule has 0 saturated carbocycles. The summed E-state index contributed by atoms with van der Waals surface area (Å²) in [4.78, 5) is 1.53. The van der Waals surface area contributed by atoms with Gasteiger partial charge in [-0.2, -0.15) is 0 Å². The standard InChI is InChI=1S/C20H35BrS.H2O/c1-2-3-4-5-6-7-8-9-10-11-12-13-14-15-16-19-17-18-20(21)22-19;/h17-18H,2-16H2,1H3;1H2. The van der Waals surface area contributed by atoms with Gasteiger partial charge in [0.15, 0.2) is 0 Å². The van der Waals surface area contributed by atoms with Gasteiger partial charge in [0.2, 0.25) is 0 Å². The first-order valence-corrected chi connectivity index (χ1v) is 11.2. The van der Waals surface area contributed by atoms with E-state index in [-0.39, 0.29) is 5.48 Å². The van der Waals surface area contributed by atoms with E-state index in [4.69, 9.17) is 0 Å². The summed E-state index contributed by atoms with van der Waals surface area (Å²) in [5, 5.41) is 0. The van der Waals surface area contributed by atoms with Gasteiger partial charge in [0.05, 0.1) is 3.79 Å². The number of aryl methyl sites for hydroxylation is 1. The lowest BCUT2D eigenvalue weighted by atomic mass is 10.0. The summed E-state index contributed by atoms with van der Waals surface area (Å²) in [7, 11) is 0. The zero-order valence-corrected chi connectivity index (χ0v) is 17.5. The molecule has 1 heterocycles. The molecule has 3 heteroatoms. The zero-order valence-electron chi connectivity index (χ0n) is 15.0. The highest BCUT2D eigenvalue weighted by atomic mass is 79.9. The van der Waals surface area contributed by atoms with Gasteiger partial charge in [-0.25, -0.2) is 0 Å². The smallest absolute Gasteiger partial charge is 0.0701 e. The molecular weight excluding hydrogens is 368 g/mol. The van der Waals surface area contributed by atoms with Crippen molar-refractivity contribution in [1.29, 1.82) is 0 Å². The number of rotatable bonds is 15. The van der Waals surface area contributed by atoms with E-state index in [0.717, 1.165) is 0 Å². The Hall–Kier alpha value is 0.140. The number of hydrogen-bond acceptors (Lipinski definition) is 1. The summed E-state index contributed by atoms with van der Waals surface area (Å²) < 4.78 is 1.27. The Kier molecular flexibility index (Phi) is 17.1. The van der Waals surface area contributed by atoms with Gasteiger partial charge in [-0.3, -0.25) is 0 Å². The maximum Gasteiger partial charge on any atom is 0.0701 e. The van der Waals surface area contributed by atoms with Crippen LogP contribution in [0.4, 0.5) is 0 Å². The second-order valence-electron chi connectivity index (χ2n) is 6.55. The minimum Gasteiger partial charge on any atom is -0.412 e. The Morgan fingerprint density at radius 1 is 0.696 bits per heavy atom. The van der Waals surface area contributed by atoms with E-state index in [0.29, 0.717) is 0 Å². The molecule has 136 valence electrons. The van der Waals surface area contributed by atoms with Crippen molar-refractivity contribution in [1.82, 2.24) is 0 Å². The van der Waals surface area contributed by atoms with Crippen LogP contribution in [0.1, 0.15) is 102 Å². The number of thiophene rings is 1. The summed E-state index contributed by atoms with van der Waals surface area (Å²) >= 11 is 5.42. The van der Waals surface area contributed by atoms with Crippen LogP contribution in [0.2, 0.25) is 0 Å². The minimum atomic E-state index is 0. The van der Waals surface area contributed by atoms with Gasteiger partial charge in [0.25, 0.3) is 0 Å². The largest absolute Gasteiger partial charge is 0.412 e. The SMILES string of the molecule is CCCCCCCCCCCCCCCCc1ccc(Br)s1.O. The van der Waals surface area contributed by atoms with Gasteiger partial charge < -0.3 is 5.48 Å². The Balaban J connectivity index is 0.00000484. The molecule has 0 unspecified atom stereocenters. The molecule has 0 saturated heterocycles. The molecule has 0 aliphatic heterocycles. The number of unbranched alkanes of at least 4 members (excludes halogenated alkanes) is 13. The van der Waals surface area contributed by atoms with Gasteiger partial charge in [-0.1, -0.05) is 90.4 Å².